The van der Waals surface area contributed by atoms with Crippen LogP contribution in [-0.4, -0.2) is 25.0 Å². The molecule has 0 atom stereocenters. The van der Waals surface area contributed by atoms with Crippen molar-refractivity contribution in [2.75, 3.05) is 20.1 Å². The SMILES string of the molecule is CC1=[C]CN(C)C1. The zero-order valence-electron chi connectivity index (χ0n) is 4.86. The fourth-order valence-corrected chi connectivity index (χ4v) is 0.787. The molecule has 0 spiro atoms. The lowest BCUT2D eigenvalue weighted by atomic mass is 10.3. The summed E-state index contributed by atoms with van der Waals surface area (Å²) >= 11 is 0. The number of hydrogen-bond acceptors (Lipinski definition) is 1. The molecular weight excluding hydrogens is 86.1 g/mol. The van der Waals surface area contributed by atoms with Crippen LogP contribution in [-0.2, 0) is 0 Å². The van der Waals surface area contributed by atoms with E-state index in [1.165, 1.54) is 5.57 Å². The van der Waals surface area contributed by atoms with E-state index in [0.29, 0.717) is 0 Å². The van der Waals surface area contributed by atoms with Crippen LogP contribution in [0.5, 0.6) is 0 Å². The molecule has 0 fully saturated rings. The smallest absolute Gasteiger partial charge is 0.0237 e. The van der Waals surface area contributed by atoms with Crippen molar-refractivity contribution in [3.05, 3.63) is 11.6 Å². The van der Waals surface area contributed by atoms with Gasteiger partial charge in [0, 0.05) is 13.1 Å². The molecule has 1 aliphatic heterocycles. The third-order valence-corrected chi connectivity index (χ3v) is 1.16. The lowest BCUT2D eigenvalue weighted by Gasteiger charge is -2.03. The van der Waals surface area contributed by atoms with Gasteiger partial charge in [0.15, 0.2) is 0 Å². The first-order valence-corrected chi connectivity index (χ1v) is 2.54. The van der Waals surface area contributed by atoms with Gasteiger partial charge in [-0.15, -0.1) is 0 Å². The van der Waals surface area contributed by atoms with E-state index in [1.807, 2.05) is 0 Å². The minimum Gasteiger partial charge on any atom is -0.298 e. The van der Waals surface area contributed by atoms with Crippen LogP contribution in [0, 0.1) is 6.08 Å². The van der Waals surface area contributed by atoms with Crippen molar-refractivity contribution in [1.82, 2.24) is 4.90 Å². The molecule has 0 amide bonds. The molecule has 1 heteroatoms. The van der Waals surface area contributed by atoms with E-state index in [1.54, 1.807) is 0 Å². The van der Waals surface area contributed by atoms with Gasteiger partial charge in [-0.25, -0.2) is 0 Å². The van der Waals surface area contributed by atoms with Crippen molar-refractivity contribution < 1.29 is 0 Å². The summed E-state index contributed by atoms with van der Waals surface area (Å²) in [5, 5.41) is 0. The van der Waals surface area contributed by atoms with Gasteiger partial charge < -0.3 is 0 Å². The first-order valence-electron chi connectivity index (χ1n) is 2.54. The van der Waals surface area contributed by atoms with Crippen molar-refractivity contribution in [3.63, 3.8) is 0 Å². The Bertz CT molecular complexity index is 94.4. The standard InChI is InChI=1S/C6H10N/c1-6-3-4-7(2)5-6/h4-5H2,1-2H3. The predicted molar refractivity (Wildman–Crippen MR) is 29.9 cm³/mol. The highest BCUT2D eigenvalue weighted by Gasteiger charge is 2.03. The Hall–Kier alpha value is -0.300. The summed E-state index contributed by atoms with van der Waals surface area (Å²) in [6.45, 7) is 4.25. The van der Waals surface area contributed by atoms with E-state index in [2.05, 4.69) is 24.9 Å². The Labute approximate surface area is 44.6 Å². The molecular formula is C6H10N. The van der Waals surface area contributed by atoms with Gasteiger partial charge in [-0.3, -0.25) is 4.90 Å². The van der Waals surface area contributed by atoms with Crippen LogP contribution >= 0.6 is 0 Å². The van der Waals surface area contributed by atoms with Crippen LogP contribution in [0.25, 0.3) is 0 Å². The molecule has 7 heavy (non-hydrogen) atoms. The van der Waals surface area contributed by atoms with Gasteiger partial charge in [-0.05, 0) is 20.0 Å². The van der Waals surface area contributed by atoms with Crippen LogP contribution < -0.4 is 0 Å². The Kier molecular flexibility index (Phi) is 1.15. The summed E-state index contributed by atoms with van der Waals surface area (Å²) in [7, 11) is 2.10. The maximum atomic E-state index is 3.21. The second-order valence-electron chi connectivity index (χ2n) is 2.13. The molecule has 1 aliphatic rings. The van der Waals surface area contributed by atoms with E-state index in [4.69, 9.17) is 0 Å². The maximum Gasteiger partial charge on any atom is 0.0237 e. The van der Waals surface area contributed by atoms with Crippen LogP contribution in [0.4, 0.5) is 0 Å². The molecule has 1 radical (unpaired) electrons. The predicted octanol–water partition coefficient (Wildman–Crippen LogP) is 0.681. The zero-order valence-corrected chi connectivity index (χ0v) is 4.86. The average molecular weight is 96.2 g/mol. The fraction of sp³-hybridized carbons (Fsp3) is 0.667. The summed E-state index contributed by atoms with van der Waals surface area (Å²) in [6.07, 6.45) is 3.21. The summed E-state index contributed by atoms with van der Waals surface area (Å²) in [4.78, 5) is 2.23. The first-order chi connectivity index (χ1) is 3.29. The lowest BCUT2D eigenvalue weighted by molar-refractivity contribution is 0.427. The Morgan fingerprint density at radius 1 is 1.71 bits per heavy atom. The molecule has 39 valence electrons. The summed E-state index contributed by atoms with van der Waals surface area (Å²) in [5.41, 5.74) is 1.38. The molecule has 0 aromatic rings. The van der Waals surface area contributed by atoms with E-state index in [9.17, 15) is 0 Å². The normalized spacial score (nSPS) is 22.9. The second-order valence-corrected chi connectivity index (χ2v) is 2.13. The van der Waals surface area contributed by atoms with Gasteiger partial charge in [-0.1, -0.05) is 5.57 Å². The van der Waals surface area contributed by atoms with Gasteiger partial charge in [-0.2, -0.15) is 0 Å². The molecule has 0 aromatic carbocycles. The molecule has 0 saturated carbocycles. The molecule has 0 aliphatic carbocycles. The molecule has 0 saturated heterocycles. The van der Waals surface area contributed by atoms with Crippen molar-refractivity contribution in [1.29, 1.82) is 0 Å². The maximum absolute atomic E-state index is 3.21. The largest absolute Gasteiger partial charge is 0.298 e. The molecule has 0 N–H and O–H groups in total. The quantitative estimate of drug-likeness (QED) is 0.428. The minimum absolute atomic E-state index is 1.02. The van der Waals surface area contributed by atoms with E-state index in [-0.39, 0.29) is 0 Å². The molecule has 1 nitrogen and oxygen atoms in total. The monoisotopic (exact) mass is 96.1 g/mol. The highest BCUT2D eigenvalue weighted by molar-refractivity contribution is 5.01. The first kappa shape index (κ1) is 4.85. The summed E-state index contributed by atoms with van der Waals surface area (Å²) in [6, 6.07) is 0. The van der Waals surface area contributed by atoms with Gasteiger partial charge in [0.25, 0.3) is 0 Å². The van der Waals surface area contributed by atoms with E-state index in [0.717, 1.165) is 13.1 Å². The van der Waals surface area contributed by atoms with Crippen molar-refractivity contribution in [3.8, 4) is 0 Å². The lowest BCUT2D eigenvalue weighted by Crippen LogP contribution is -2.13. The minimum atomic E-state index is 1.02. The summed E-state index contributed by atoms with van der Waals surface area (Å²) in [5.74, 6) is 0. The van der Waals surface area contributed by atoms with Gasteiger partial charge in [0.2, 0.25) is 0 Å². The number of nitrogens with zero attached hydrogens (tertiary/aromatic N) is 1. The van der Waals surface area contributed by atoms with Gasteiger partial charge >= 0.3 is 0 Å². The van der Waals surface area contributed by atoms with Crippen LogP contribution in [0.3, 0.4) is 0 Å². The Balaban J connectivity index is 2.42. The Morgan fingerprint density at radius 2 is 2.43 bits per heavy atom. The fourth-order valence-electron chi connectivity index (χ4n) is 0.787. The van der Waals surface area contributed by atoms with Gasteiger partial charge in [0.1, 0.15) is 0 Å². The van der Waals surface area contributed by atoms with Crippen LogP contribution in [0.2, 0.25) is 0 Å². The summed E-state index contributed by atoms with van der Waals surface area (Å²) < 4.78 is 0. The highest BCUT2D eigenvalue weighted by atomic mass is 15.1. The number of hydrogen-bond donors (Lipinski definition) is 0. The highest BCUT2D eigenvalue weighted by Crippen LogP contribution is 2.01. The average Bonchev–Trinajstić information content (AvgIpc) is 1.87. The zero-order chi connectivity index (χ0) is 5.28. The second kappa shape index (κ2) is 1.66. The van der Waals surface area contributed by atoms with Gasteiger partial charge in [0.05, 0.1) is 0 Å². The van der Waals surface area contributed by atoms with Crippen molar-refractivity contribution in [2.45, 2.75) is 6.92 Å². The topological polar surface area (TPSA) is 3.24 Å². The molecule has 0 unspecified atom stereocenters. The molecule has 0 aromatic heterocycles. The number of rotatable bonds is 0. The third-order valence-electron chi connectivity index (χ3n) is 1.16. The molecule has 1 heterocycles. The van der Waals surface area contributed by atoms with E-state index < -0.39 is 0 Å². The van der Waals surface area contributed by atoms with E-state index >= 15 is 0 Å². The molecule has 0 bridgehead atoms. The van der Waals surface area contributed by atoms with Crippen molar-refractivity contribution >= 4 is 0 Å². The molecule has 1 rings (SSSR count). The number of likely N-dealkylation sites (N-methyl/N-ethyl adjacent to an activating group) is 1. The van der Waals surface area contributed by atoms with Crippen molar-refractivity contribution in [2.24, 2.45) is 0 Å². The Morgan fingerprint density at radius 3 is 2.57 bits per heavy atom. The van der Waals surface area contributed by atoms with Crippen LogP contribution in [0.15, 0.2) is 5.57 Å². The van der Waals surface area contributed by atoms with Crippen LogP contribution in [0.1, 0.15) is 6.92 Å². The third kappa shape index (κ3) is 1.03.